The van der Waals surface area contributed by atoms with Crippen molar-refractivity contribution >= 4 is 17.9 Å². The molecule has 0 aromatic rings. The van der Waals surface area contributed by atoms with E-state index in [0.29, 0.717) is 25.8 Å². The van der Waals surface area contributed by atoms with Gasteiger partial charge in [-0.15, -0.1) is 0 Å². The summed E-state index contributed by atoms with van der Waals surface area (Å²) in [6.07, 6.45) is 1.67. The van der Waals surface area contributed by atoms with Crippen LogP contribution in [0.25, 0.3) is 0 Å². The molecule has 1 heterocycles. The Bertz CT molecular complexity index is 345. The number of nitrogens with zero attached hydrogens (tertiary/aromatic N) is 1. The first-order valence-corrected chi connectivity index (χ1v) is 6.03. The maximum Gasteiger partial charge on any atom is 0.326 e. The predicted molar refractivity (Wildman–Crippen MR) is 63.7 cm³/mol. The van der Waals surface area contributed by atoms with Crippen LogP contribution in [0.3, 0.4) is 0 Å². The van der Waals surface area contributed by atoms with Gasteiger partial charge in [-0.3, -0.25) is 4.79 Å². The largest absolute Gasteiger partial charge is 0.480 e. The highest BCUT2D eigenvalue weighted by molar-refractivity contribution is 5.85. The summed E-state index contributed by atoms with van der Waals surface area (Å²) in [6.45, 7) is 2.50. The number of carboxylic acid groups (broad SMARTS) is 1. The minimum atomic E-state index is -1.05. The molecule has 0 spiro atoms. The molecule has 0 saturated carbocycles. The summed E-state index contributed by atoms with van der Waals surface area (Å²) < 4.78 is 0. The molecule has 2 atom stereocenters. The third-order valence-corrected chi connectivity index (χ3v) is 3.13. The summed E-state index contributed by atoms with van der Waals surface area (Å²) in [4.78, 5) is 35.2. The van der Waals surface area contributed by atoms with Crippen LogP contribution in [-0.2, 0) is 9.59 Å². The van der Waals surface area contributed by atoms with Gasteiger partial charge in [0.15, 0.2) is 0 Å². The van der Waals surface area contributed by atoms with E-state index in [1.54, 1.807) is 6.92 Å². The number of piperidine rings is 1. The number of primary amides is 1. The quantitative estimate of drug-likeness (QED) is 0.644. The number of carbonyl (C=O) groups is 3. The second kappa shape index (κ2) is 6.23. The van der Waals surface area contributed by atoms with Crippen LogP contribution in [0.2, 0.25) is 0 Å². The Morgan fingerprint density at radius 3 is 2.67 bits per heavy atom. The van der Waals surface area contributed by atoms with Crippen LogP contribution in [0.4, 0.5) is 4.79 Å². The van der Waals surface area contributed by atoms with Crippen LogP contribution in [0.1, 0.15) is 26.2 Å². The van der Waals surface area contributed by atoms with Gasteiger partial charge in [-0.1, -0.05) is 6.92 Å². The monoisotopic (exact) mass is 257 g/mol. The van der Waals surface area contributed by atoms with Crippen molar-refractivity contribution in [3.05, 3.63) is 0 Å². The molecular formula is C11H19N3O4. The average Bonchev–Trinajstić information content (AvgIpc) is 2.35. The Balaban J connectivity index is 2.55. The molecule has 1 rings (SSSR count). The van der Waals surface area contributed by atoms with E-state index in [1.807, 2.05) is 0 Å². The van der Waals surface area contributed by atoms with Crippen LogP contribution >= 0.6 is 0 Å². The van der Waals surface area contributed by atoms with Gasteiger partial charge in [0.1, 0.15) is 6.04 Å². The Labute approximate surface area is 105 Å². The molecule has 7 nitrogen and oxygen atoms in total. The first kappa shape index (κ1) is 14.3. The van der Waals surface area contributed by atoms with Gasteiger partial charge in [-0.2, -0.15) is 0 Å². The Morgan fingerprint density at radius 2 is 2.17 bits per heavy atom. The molecule has 0 bridgehead atoms. The lowest BCUT2D eigenvalue weighted by Crippen LogP contribution is -2.50. The summed E-state index contributed by atoms with van der Waals surface area (Å²) in [5, 5.41) is 11.3. The lowest BCUT2D eigenvalue weighted by Gasteiger charge is -2.31. The van der Waals surface area contributed by atoms with E-state index in [2.05, 4.69) is 5.32 Å². The number of amides is 3. The summed E-state index contributed by atoms with van der Waals surface area (Å²) in [5.41, 5.74) is 5.17. The van der Waals surface area contributed by atoms with Crippen molar-refractivity contribution in [3.63, 3.8) is 0 Å². The second-order valence-electron chi connectivity index (χ2n) is 4.43. The highest BCUT2D eigenvalue weighted by Crippen LogP contribution is 2.16. The van der Waals surface area contributed by atoms with E-state index in [0.717, 1.165) is 0 Å². The first-order valence-electron chi connectivity index (χ1n) is 6.03. The Hall–Kier alpha value is -1.79. The number of carbonyl (C=O) groups excluding carboxylic acids is 2. The zero-order valence-corrected chi connectivity index (χ0v) is 10.4. The molecule has 1 aliphatic heterocycles. The van der Waals surface area contributed by atoms with Gasteiger partial charge in [0, 0.05) is 13.1 Å². The number of hydrogen-bond donors (Lipinski definition) is 3. The SMILES string of the molecule is CC[C@H](NC(=O)C1CCCN(C(N)=O)C1)C(=O)O. The smallest absolute Gasteiger partial charge is 0.326 e. The van der Waals surface area contributed by atoms with Gasteiger partial charge >= 0.3 is 12.0 Å². The molecule has 7 heteroatoms. The molecule has 1 aliphatic rings. The van der Waals surface area contributed by atoms with Crippen molar-refractivity contribution in [1.82, 2.24) is 10.2 Å². The normalized spacial score (nSPS) is 21.2. The van der Waals surface area contributed by atoms with E-state index in [1.165, 1.54) is 4.90 Å². The van der Waals surface area contributed by atoms with Crippen molar-refractivity contribution in [2.24, 2.45) is 11.7 Å². The first-order chi connectivity index (χ1) is 8.45. The Kier molecular flexibility index (Phi) is 4.94. The second-order valence-corrected chi connectivity index (χ2v) is 4.43. The maximum atomic E-state index is 11.9. The molecule has 0 aromatic carbocycles. The van der Waals surface area contributed by atoms with Gasteiger partial charge in [-0.05, 0) is 19.3 Å². The number of rotatable bonds is 4. The number of nitrogens with two attached hydrogens (primary N) is 1. The molecule has 4 N–H and O–H groups in total. The van der Waals surface area contributed by atoms with Crippen LogP contribution in [0.15, 0.2) is 0 Å². The molecule has 1 fully saturated rings. The zero-order chi connectivity index (χ0) is 13.7. The fourth-order valence-electron chi connectivity index (χ4n) is 2.02. The van der Waals surface area contributed by atoms with Gasteiger partial charge < -0.3 is 21.1 Å². The summed E-state index contributed by atoms with van der Waals surface area (Å²) in [5.74, 6) is -1.75. The van der Waals surface area contributed by atoms with Crippen LogP contribution in [0, 0.1) is 5.92 Å². The van der Waals surface area contributed by atoms with E-state index < -0.39 is 18.0 Å². The molecule has 3 amide bonds. The zero-order valence-electron chi connectivity index (χ0n) is 10.4. The minimum Gasteiger partial charge on any atom is -0.480 e. The summed E-state index contributed by atoms with van der Waals surface area (Å²) >= 11 is 0. The highest BCUT2D eigenvalue weighted by atomic mass is 16.4. The van der Waals surface area contributed by atoms with E-state index in [4.69, 9.17) is 10.8 Å². The lowest BCUT2D eigenvalue weighted by molar-refractivity contribution is -0.142. The standard InChI is InChI=1S/C11H19N3O4/c1-2-8(10(16)17)13-9(15)7-4-3-5-14(6-7)11(12)18/h7-8H,2-6H2,1H3,(H2,12,18)(H,13,15)(H,16,17)/t7?,8-/m0/s1. The van der Waals surface area contributed by atoms with Crippen molar-refractivity contribution in [1.29, 1.82) is 0 Å². The molecule has 1 saturated heterocycles. The number of urea groups is 1. The summed E-state index contributed by atoms with van der Waals surface area (Å²) in [7, 11) is 0. The van der Waals surface area contributed by atoms with Crippen molar-refractivity contribution < 1.29 is 19.5 Å². The predicted octanol–water partition coefficient (Wildman–Crippen LogP) is -0.243. The molecular weight excluding hydrogens is 238 g/mol. The molecule has 1 unspecified atom stereocenters. The van der Waals surface area contributed by atoms with E-state index in [9.17, 15) is 14.4 Å². The summed E-state index contributed by atoms with van der Waals surface area (Å²) in [6, 6.07) is -1.42. The van der Waals surface area contributed by atoms with Gasteiger partial charge in [-0.25, -0.2) is 9.59 Å². The minimum absolute atomic E-state index is 0.261. The third-order valence-electron chi connectivity index (χ3n) is 3.13. The highest BCUT2D eigenvalue weighted by Gasteiger charge is 2.29. The van der Waals surface area contributed by atoms with Gasteiger partial charge in [0.2, 0.25) is 5.91 Å². The number of nitrogens with one attached hydrogen (secondary N) is 1. The lowest BCUT2D eigenvalue weighted by atomic mass is 9.97. The van der Waals surface area contributed by atoms with E-state index >= 15 is 0 Å². The van der Waals surface area contributed by atoms with Crippen molar-refractivity contribution in [3.8, 4) is 0 Å². The Morgan fingerprint density at radius 1 is 1.50 bits per heavy atom. The third kappa shape index (κ3) is 3.61. The number of hydrogen-bond acceptors (Lipinski definition) is 3. The molecule has 0 aliphatic carbocycles. The van der Waals surface area contributed by atoms with Gasteiger partial charge in [0.05, 0.1) is 5.92 Å². The van der Waals surface area contributed by atoms with Crippen LogP contribution in [-0.4, -0.2) is 47.0 Å². The molecule has 0 aromatic heterocycles. The van der Waals surface area contributed by atoms with Crippen LogP contribution < -0.4 is 11.1 Å². The number of likely N-dealkylation sites (tertiary alicyclic amines) is 1. The fraction of sp³-hybridized carbons (Fsp3) is 0.727. The number of aliphatic carboxylic acids is 1. The number of carboxylic acids is 1. The average molecular weight is 257 g/mol. The van der Waals surface area contributed by atoms with E-state index in [-0.39, 0.29) is 18.4 Å². The molecule has 102 valence electrons. The maximum absolute atomic E-state index is 11.9. The molecule has 0 radical (unpaired) electrons. The van der Waals surface area contributed by atoms with Crippen LogP contribution in [0.5, 0.6) is 0 Å². The topological polar surface area (TPSA) is 113 Å². The van der Waals surface area contributed by atoms with Crippen molar-refractivity contribution in [2.75, 3.05) is 13.1 Å². The molecule has 18 heavy (non-hydrogen) atoms. The fourth-order valence-corrected chi connectivity index (χ4v) is 2.02. The van der Waals surface area contributed by atoms with Crippen molar-refractivity contribution in [2.45, 2.75) is 32.2 Å². The van der Waals surface area contributed by atoms with Gasteiger partial charge in [0.25, 0.3) is 0 Å².